The van der Waals surface area contributed by atoms with Gasteiger partial charge in [-0.3, -0.25) is 9.69 Å². The molecule has 2 heteroatoms. The highest BCUT2D eigenvalue weighted by Crippen LogP contribution is 2.29. The predicted molar refractivity (Wildman–Crippen MR) is 88.7 cm³/mol. The number of Topliss-reactive ketones (excluding diaryl/α,β-unsaturated/α-hetero) is 1. The molecule has 0 spiro atoms. The van der Waals surface area contributed by atoms with Crippen LogP contribution in [-0.4, -0.2) is 29.3 Å². The number of nitrogens with zero attached hydrogens (tertiary/aromatic N) is 1. The lowest BCUT2D eigenvalue weighted by Crippen LogP contribution is -2.52. The second-order valence-corrected chi connectivity index (χ2v) is 6.85. The largest absolute Gasteiger partial charge is 0.292 e. The van der Waals surface area contributed by atoms with E-state index >= 15 is 0 Å². The van der Waals surface area contributed by atoms with Crippen LogP contribution in [0.15, 0.2) is 24.3 Å². The van der Waals surface area contributed by atoms with Gasteiger partial charge in [-0.25, -0.2) is 0 Å². The van der Waals surface area contributed by atoms with Gasteiger partial charge in [-0.1, -0.05) is 45.0 Å². The van der Waals surface area contributed by atoms with Crippen molar-refractivity contribution in [3.8, 4) is 0 Å². The Labute approximate surface area is 129 Å². The number of rotatable bonds is 4. The molecule has 1 aromatic rings. The maximum absolute atomic E-state index is 12.8. The van der Waals surface area contributed by atoms with Gasteiger partial charge in [0, 0.05) is 18.2 Å². The van der Waals surface area contributed by atoms with Gasteiger partial charge in [0.1, 0.15) is 0 Å². The van der Waals surface area contributed by atoms with Gasteiger partial charge >= 0.3 is 0 Å². The van der Waals surface area contributed by atoms with E-state index in [1.807, 2.05) is 12.1 Å². The highest BCUT2D eigenvalue weighted by Gasteiger charge is 2.34. The summed E-state index contributed by atoms with van der Waals surface area (Å²) in [5.41, 5.74) is 2.13. The van der Waals surface area contributed by atoms with Crippen LogP contribution >= 0.6 is 0 Å². The van der Waals surface area contributed by atoms with Gasteiger partial charge in [-0.15, -0.1) is 0 Å². The van der Waals surface area contributed by atoms with E-state index in [4.69, 9.17) is 0 Å². The average Bonchev–Trinajstić information content (AvgIpc) is 2.49. The first-order valence-corrected chi connectivity index (χ1v) is 8.32. The molecule has 1 aromatic carbocycles. The zero-order valence-electron chi connectivity index (χ0n) is 14.1. The highest BCUT2D eigenvalue weighted by atomic mass is 16.1. The molecule has 0 N–H and O–H groups in total. The van der Waals surface area contributed by atoms with Gasteiger partial charge < -0.3 is 0 Å². The summed E-state index contributed by atoms with van der Waals surface area (Å²) in [6.45, 7) is 12.1. The molecule has 0 aromatic heterocycles. The molecule has 2 rings (SSSR count). The third kappa shape index (κ3) is 3.55. The standard InChI is InChI=1S/C19H29NO/c1-6-17-7-9-18(10-8-17)19(21)16(5)20-12-13(2)11-14(3)15(20)4/h7-10,13-16H,6,11-12H2,1-5H3. The first-order chi connectivity index (χ1) is 9.93. The van der Waals surface area contributed by atoms with E-state index < -0.39 is 0 Å². The van der Waals surface area contributed by atoms with Gasteiger partial charge in [0.2, 0.25) is 0 Å². The number of carbonyl (C=O) groups excluding carboxylic acids is 1. The fourth-order valence-electron chi connectivity index (χ4n) is 3.57. The van der Waals surface area contributed by atoms with Crippen LogP contribution in [-0.2, 0) is 6.42 Å². The van der Waals surface area contributed by atoms with E-state index in [0.29, 0.717) is 17.9 Å². The molecule has 2 nitrogen and oxygen atoms in total. The van der Waals surface area contributed by atoms with Gasteiger partial charge in [-0.05, 0) is 44.1 Å². The van der Waals surface area contributed by atoms with Crippen molar-refractivity contribution < 1.29 is 4.79 Å². The second kappa shape index (κ2) is 6.74. The number of likely N-dealkylation sites (tertiary alicyclic amines) is 1. The molecule has 4 atom stereocenters. The third-order valence-corrected chi connectivity index (χ3v) is 5.17. The average molecular weight is 287 g/mol. The van der Waals surface area contributed by atoms with Crippen LogP contribution < -0.4 is 0 Å². The number of piperidine rings is 1. The van der Waals surface area contributed by atoms with E-state index in [2.05, 4.69) is 51.7 Å². The topological polar surface area (TPSA) is 20.3 Å². The Morgan fingerprint density at radius 3 is 2.43 bits per heavy atom. The molecular weight excluding hydrogens is 258 g/mol. The SMILES string of the molecule is CCc1ccc(C(=O)C(C)N2CC(C)CC(C)C2C)cc1. The Hall–Kier alpha value is -1.15. The lowest BCUT2D eigenvalue weighted by Gasteiger charge is -2.43. The minimum Gasteiger partial charge on any atom is -0.292 e. The van der Waals surface area contributed by atoms with Crippen LogP contribution in [0.4, 0.5) is 0 Å². The lowest BCUT2D eigenvalue weighted by atomic mass is 9.84. The van der Waals surface area contributed by atoms with Crippen LogP contribution in [0.25, 0.3) is 0 Å². The maximum Gasteiger partial charge on any atom is 0.179 e. The zero-order valence-corrected chi connectivity index (χ0v) is 14.1. The number of aryl methyl sites for hydroxylation is 1. The summed E-state index contributed by atoms with van der Waals surface area (Å²) in [5.74, 6) is 1.59. The van der Waals surface area contributed by atoms with Gasteiger partial charge in [0.05, 0.1) is 6.04 Å². The third-order valence-electron chi connectivity index (χ3n) is 5.17. The van der Waals surface area contributed by atoms with E-state index in [1.54, 1.807) is 0 Å². The summed E-state index contributed by atoms with van der Waals surface area (Å²) in [6.07, 6.45) is 2.28. The summed E-state index contributed by atoms with van der Waals surface area (Å²) < 4.78 is 0. The van der Waals surface area contributed by atoms with Crippen molar-refractivity contribution in [1.29, 1.82) is 0 Å². The van der Waals surface area contributed by atoms with E-state index in [9.17, 15) is 4.79 Å². The first kappa shape index (κ1) is 16.2. The summed E-state index contributed by atoms with van der Waals surface area (Å²) in [7, 11) is 0. The Bertz CT molecular complexity index is 479. The van der Waals surface area contributed by atoms with Crippen molar-refractivity contribution in [3.63, 3.8) is 0 Å². The zero-order chi connectivity index (χ0) is 15.6. The molecule has 1 aliphatic rings. The van der Waals surface area contributed by atoms with Crippen LogP contribution in [0, 0.1) is 11.8 Å². The first-order valence-electron chi connectivity index (χ1n) is 8.32. The normalized spacial score (nSPS) is 28.3. The lowest BCUT2D eigenvalue weighted by molar-refractivity contribution is 0.0406. The molecule has 116 valence electrons. The van der Waals surface area contributed by atoms with Crippen LogP contribution in [0.3, 0.4) is 0 Å². The van der Waals surface area contributed by atoms with Crippen molar-refractivity contribution in [2.24, 2.45) is 11.8 Å². The molecule has 0 radical (unpaired) electrons. The molecule has 0 amide bonds. The quantitative estimate of drug-likeness (QED) is 0.774. The van der Waals surface area contributed by atoms with Crippen LogP contribution in [0.1, 0.15) is 57.0 Å². The molecule has 1 saturated heterocycles. The fourth-order valence-corrected chi connectivity index (χ4v) is 3.57. The summed E-state index contributed by atoms with van der Waals surface area (Å²) >= 11 is 0. The predicted octanol–water partition coefficient (Wildman–Crippen LogP) is 4.19. The number of hydrogen-bond donors (Lipinski definition) is 0. The minimum absolute atomic E-state index is 0.0299. The number of carbonyl (C=O) groups is 1. The van der Waals surface area contributed by atoms with Gasteiger partial charge in [0.15, 0.2) is 5.78 Å². The molecule has 0 aliphatic carbocycles. The molecule has 1 aliphatic heterocycles. The minimum atomic E-state index is -0.0299. The molecular formula is C19H29NO. The maximum atomic E-state index is 12.8. The van der Waals surface area contributed by atoms with Gasteiger partial charge in [-0.2, -0.15) is 0 Å². The molecule has 0 bridgehead atoms. The molecule has 21 heavy (non-hydrogen) atoms. The molecule has 1 fully saturated rings. The van der Waals surface area contributed by atoms with Crippen molar-refractivity contribution in [2.75, 3.05) is 6.54 Å². The Morgan fingerprint density at radius 1 is 1.24 bits per heavy atom. The molecule has 1 heterocycles. The number of benzene rings is 1. The van der Waals surface area contributed by atoms with E-state index in [-0.39, 0.29) is 11.8 Å². The Kier molecular flexibility index (Phi) is 5.21. The summed E-state index contributed by atoms with van der Waals surface area (Å²) in [5, 5.41) is 0. The van der Waals surface area contributed by atoms with Crippen LogP contribution in [0.5, 0.6) is 0 Å². The Balaban J connectivity index is 2.13. The fraction of sp³-hybridized carbons (Fsp3) is 0.632. The second-order valence-electron chi connectivity index (χ2n) is 6.85. The van der Waals surface area contributed by atoms with E-state index in [0.717, 1.165) is 18.5 Å². The molecule has 4 unspecified atom stereocenters. The van der Waals surface area contributed by atoms with Crippen molar-refractivity contribution in [3.05, 3.63) is 35.4 Å². The number of ketones is 1. The highest BCUT2D eigenvalue weighted by molar-refractivity contribution is 5.99. The Morgan fingerprint density at radius 2 is 1.86 bits per heavy atom. The van der Waals surface area contributed by atoms with Crippen molar-refractivity contribution in [1.82, 2.24) is 4.90 Å². The number of hydrogen-bond acceptors (Lipinski definition) is 2. The molecule has 0 saturated carbocycles. The van der Waals surface area contributed by atoms with Crippen LogP contribution in [0.2, 0.25) is 0 Å². The van der Waals surface area contributed by atoms with Crippen molar-refractivity contribution >= 4 is 5.78 Å². The summed E-state index contributed by atoms with van der Waals surface area (Å²) in [6, 6.07) is 8.57. The monoisotopic (exact) mass is 287 g/mol. The summed E-state index contributed by atoms with van der Waals surface area (Å²) in [4.78, 5) is 15.2. The van der Waals surface area contributed by atoms with E-state index in [1.165, 1.54) is 12.0 Å². The van der Waals surface area contributed by atoms with Crippen molar-refractivity contribution in [2.45, 2.75) is 59.5 Å². The smallest absolute Gasteiger partial charge is 0.179 e. The van der Waals surface area contributed by atoms with Gasteiger partial charge in [0.25, 0.3) is 0 Å².